The highest BCUT2D eigenvalue weighted by Gasteiger charge is 2.23. The first-order chi connectivity index (χ1) is 9.13. The molecular formula is C11H14N6O2. The molecule has 0 aliphatic carbocycles. The van der Waals surface area contributed by atoms with Gasteiger partial charge in [-0.2, -0.15) is 10.1 Å². The number of rotatable bonds is 5. The van der Waals surface area contributed by atoms with E-state index in [0.29, 0.717) is 18.2 Å². The Labute approximate surface area is 109 Å². The second-order valence-corrected chi connectivity index (χ2v) is 3.94. The first-order valence-electron chi connectivity index (χ1n) is 5.90. The van der Waals surface area contributed by atoms with Gasteiger partial charge in [-0.15, -0.1) is 0 Å². The summed E-state index contributed by atoms with van der Waals surface area (Å²) in [4.78, 5) is 18.9. The number of nitrogens with one attached hydrogen (secondary N) is 1. The second kappa shape index (κ2) is 5.42. The van der Waals surface area contributed by atoms with E-state index in [9.17, 15) is 10.1 Å². The Hall–Kier alpha value is -2.51. The van der Waals surface area contributed by atoms with Crippen molar-refractivity contribution in [1.82, 2.24) is 19.7 Å². The number of nitrogens with zero attached hydrogens (tertiary/aromatic N) is 5. The number of nitro groups is 1. The Morgan fingerprint density at radius 1 is 1.47 bits per heavy atom. The lowest BCUT2D eigenvalue weighted by atomic mass is 10.3. The first-order valence-corrected chi connectivity index (χ1v) is 5.90. The van der Waals surface area contributed by atoms with E-state index in [-0.39, 0.29) is 11.5 Å². The predicted molar refractivity (Wildman–Crippen MR) is 69.3 cm³/mol. The summed E-state index contributed by atoms with van der Waals surface area (Å²) in [6.45, 7) is 4.30. The predicted octanol–water partition coefficient (Wildman–Crippen LogP) is 1.70. The van der Waals surface area contributed by atoms with Crippen molar-refractivity contribution in [3.8, 4) is 5.82 Å². The van der Waals surface area contributed by atoms with E-state index < -0.39 is 4.92 Å². The van der Waals surface area contributed by atoms with Crippen LogP contribution < -0.4 is 5.32 Å². The van der Waals surface area contributed by atoms with Crippen LogP contribution in [0.2, 0.25) is 0 Å². The van der Waals surface area contributed by atoms with Gasteiger partial charge in [-0.05, 0) is 19.4 Å². The second-order valence-electron chi connectivity index (χ2n) is 3.94. The Balaban J connectivity index is 2.53. The van der Waals surface area contributed by atoms with Gasteiger partial charge in [-0.25, -0.2) is 9.67 Å². The zero-order valence-corrected chi connectivity index (χ0v) is 10.7. The number of hydrogen-bond acceptors (Lipinski definition) is 6. The third kappa shape index (κ3) is 2.67. The molecule has 2 aromatic heterocycles. The molecule has 0 fully saturated rings. The van der Waals surface area contributed by atoms with Crippen molar-refractivity contribution in [2.45, 2.75) is 20.3 Å². The minimum atomic E-state index is -0.490. The molecule has 8 heteroatoms. The highest BCUT2D eigenvalue weighted by molar-refractivity contribution is 5.53. The molecular weight excluding hydrogens is 248 g/mol. The highest BCUT2D eigenvalue weighted by atomic mass is 16.6. The average molecular weight is 262 g/mol. The molecule has 0 spiro atoms. The van der Waals surface area contributed by atoms with Gasteiger partial charge in [-0.3, -0.25) is 10.1 Å². The lowest BCUT2D eigenvalue weighted by Crippen LogP contribution is -2.12. The lowest BCUT2D eigenvalue weighted by Gasteiger charge is -2.08. The summed E-state index contributed by atoms with van der Waals surface area (Å²) in [5.41, 5.74) is 0.176. The molecule has 0 radical (unpaired) electrons. The Morgan fingerprint density at radius 2 is 2.26 bits per heavy atom. The van der Waals surface area contributed by atoms with E-state index >= 15 is 0 Å². The maximum atomic E-state index is 11.1. The van der Waals surface area contributed by atoms with Gasteiger partial charge in [0, 0.05) is 18.9 Å². The number of anilines is 1. The Bertz CT molecular complexity index is 581. The molecule has 0 amide bonds. The number of aromatic nitrogens is 4. The van der Waals surface area contributed by atoms with Crippen LogP contribution in [0.15, 0.2) is 18.5 Å². The molecule has 8 nitrogen and oxygen atoms in total. The van der Waals surface area contributed by atoms with E-state index in [0.717, 1.165) is 6.42 Å². The SMILES string of the molecule is CCCNc1nc(C)c([N+](=O)[O-])c(-n2cccn2)n1. The van der Waals surface area contributed by atoms with Crippen molar-refractivity contribution in [2.75, 3.05) is 11.9 Å². The van der Waals surface area contributed by atoms with Gasteiger partial charge in [0.15, 0.2) is 0 Å². The van der Waals surface area contributed by atoms with Crippen molar-refractivity contribution in [3.05, 3.63) is 34.3 Å². The van der Waals surface area contributed by atoms with Crippen LogP contribution in [-0.2, 0) is 0 Å². The monoisotopic (exact) mass is 262 g/mol. The van der Waals surface area contributed by atoms with E-state index in [1.54, 1.807) is 25.4 Å². The van der Waals surface area contributed by atoms with Crippen molar-refractivity contribution in [2.24, 2.45) is 0 Å². The van der Waals surface area contributed by atoms with Gasteiger partial charge in [-0.1, -0.05) is 6.92 Å². The van der Waals surface area contributed by atoms with Crippen LogP contribution in [0.25, 0.3) is 5.82 Å². The minimum absolute atomic E-state index is 0.134. The summed E-state index contributed by atoms with van der Waals surface area (Å²) in [5, 5.41) is 18.1. The summed E-state index contributed by atoms with van der Waals surface area (Å²) in [6, 6.07) is 1.68. The van der Waals surface area contributed by atoms with E-state index in [4.69, 9.17) is 0 Å². The van der Waals surface area contributed by atoms with Crippen molar-refractivity contribution in [3.63, 3.8) is 0 Å². The normalized spacial score (nSPS) is 10.4. The molecule has 100 valence electrons. The summed E-state index contributed by atoms with van der Waals surface area (Å²) in [5.74, 6) is 0.538. The smallest absolute Gasteiger partial charge is 0.334 e. The van der Waals surface area contributed by atoms with Crippen LogP contribution >= 0.6 is 0 Å². The fraction of sp³-hybridized carbons (Fsp3) is 0.364. The first kappa shape index (κ1) is 12.9. The molecule has 0 unspecified atom stereocenters. The Morgan fingerprint density at radius 3 is 2.84 bits per heavy atom. The van der Waals surface area contributed by atoms with Crippen LogP contribution in [0.1, 0.15) is 19.0 Å². The third-order valence-electron chi connectivity index (χ3n) is 2.48. The largest absolute Gasteiger partial charge is 0.354 e. The molecule has 0 aromatic carbocycles. The van der Waals surface area contributed by atoms with E-state index in [1.807, 2.05) is 6.92 Å². The van der Waals surface area contributed by atoms with Crippen molar-refractivity contribution < 1.29 is 4.92 Å². The standard InChI is InChI=1S/C11H14N6O2/c1-3-5-12-11-14-8(2)9(17(18)19)10(15-11)16-7-4-6-13-16/h4,6-7H,3,5H2,1-2H3,(H,12,14,15). The zero-order chi connectivity index (χ0) is 13.8. The average Bonchev–Trinajstić information content (AvgIpc) is 2.88. The minimum Gasteiger partial charge on any atom is -0.354 e. The molecule has 0 aliphatic rings. The van der Waals surface area contributed by atoms with Gasteiger partial charge in [0.25, 0.3) is 0 Å². The molecule has 0 bridgehead atoms. The lowest BCUT2D eigenvalue weighted by molar-refractivity contribution is -0.385. The van der Waals surface area contributed by atoms with Crippen LogP contribution in [0.3, 0.4) is 0 Å². The van der Waals surface area contributed by atoms with E-state index in [2.05, 4.69) is 20.4 Å². The maximum absolute atomic E-state index is 11.1. The molecule has 0 saturated heterocycles. The van der Waals surface area contributed by atoms with E-state index in [1.165, 1.54) is 4.68 Å². The zero-order valence-electron chi connectivity index (χ0n) is 10.7. The molecule has 2 rings (SSSR count). The van der Waals surface area contributed by atoms with Gasteiger partial charge < -0.3 is 5.32 Å². The van der Waals surface area contributed by atoms with Crippen LogP contribution in [0, 0.1) is 17.0 Å². The van der Waals surface area contributed by atoms with Gasteiger partial charge in [0.05, 0.1) is 4.92 Å². The van der Waals surface area contributed by atoms with Crippen LogP contribution in [-0.4, -0.2) is 31.2 Å². The third-order valence-corrected chi connectivity index (χ3v) is 2.48. The fourth-order valence-electron chi connectivity index (χ4n) is 1.64. The van der Waals surface area contributed by atoms with Crippen molar-refractivity contribution >= 4 is 11.6 Å². The molecule has 19 heavy (non-hydrogen) atoms. The van der Waals surface area contributed by atoms with Crippen LogP contribution in [0.4, 0.5) is 11.6 Å². The van der Waals surface area contributed by atoms with Gasteiger partial charge >= 0.3 is 5.69 Å². The summed E-state index contributed by atoms with van der Waals surface area (Å²) < 4.78 is 1.37. The molecule has 1 N–H and O–H groups in total. The number of hydrogen-bond donors (Lipinski definition) is 1. The van der Waals surface area contributed by atoms with Gasteiger partial charge in [0.1, 0.15) is 5.69 Å². The molecule has 0 saturated carbocycles. The highest BCUT2D eigenvalue weighted by Crippen LogP contribution is 2.24. The Kier molecular flexibility index (Phi) is 3.69. The van der Waals surface area contributed by atoms with Crippen molar-refractivity contribution in [1.29, 1.82) is 0 Å². The molecule has 2 aromatic rings. The quantitative estimate of drug-likeness (QED) is 0.650. The van der Waals surface area contributed by atoms with Crippen LogP contribution in [0.5, 0.6) is 0 Å². The summed E-state index contributed by atoms with van der Waals surface area (Å²) >= 11 is 0. The summed E-state index contributed by atoms with van der Waals surface area (Å²) in [6.07, 6.45) is 4.06. The maximum Gasteiger partial charge on any atom is 0.334 e. The topological polar surface area (TPSA) is 98.8 Å². The number of aryl methyl sites for hydroxylation is 1. The molecule has 2 heterocycles. The summed E-state index contributed by atoms with van der Waals surface area (Å²) in [7, 11) is 0. The fourth-order valence-corrected chi connectivity index (χ4v) is 1.64. The van der Waals surface area contributed by atoms with Gasteiger partial charge in [0.2, 0.25) is 11.8 Å². The molecule has 0 atom stereocenters. The molecule has 0 aliphatic heterocycles.